The van der Waals surface area contributed by atoms with Crippen LogP contribution in [0.4, 0.5) is 0 Å². The van der Waals surface area contributed by atoms with Crippen molar-refractivity contribution in [3.63, 3.8) is 0 Å². The van der Waals surface area contributed by atoms with Crippen LogP contribution < -0.4 is 0 Å². The summed E-state index contributed by atoms with van der Waals surface area (Å²) in [5, 5.41) is 1.91. The van der Waals surface area contributed by atoms with Crippen LogP contribution in [0.25, 0.3) is 0 Å². The van der Waals surface area contributed by atoms with E-state index in [0.29, 0.717) is 19.6 Å². The van der Waals surface area contributed by atoms with Gasteiger partial charge in [0.2, 0.25) is 0 Å². The first-order valence-electron chi connectivity index (χ1n) is 7.05. The van der Waals surface area contributed by atoms with Gasteiger partial charge >= 0.3 is 0 Å². The standard InChI is InChI=1S/C14H21NO4S2/c1-3-11-4-8-20-13(11)14(16)15(6-7-19-2)12-5-9-21(17,18)10-12/h4,8,12H,3,5-7,9-10H2,1-2H3/t12-/m1/s1. The van der Waals surface area contributed by atoms with E-state index in [0.717, 1.165) is 16.9 Å². The molecule has 0 unspecified atom stereocenters. The Hall–Kier alpha value is -0.920. The molecule has 1 amide bonds. The molecule has 0 radical (unpaired) electrons. The summed E-state index contributed by atoms with van der Waals surface area (Å²) in [5.41, 5.74) is 1.02. The Bertz CT molecular complexity index is 594. The lowest BCUT2D eigenvalue weighted by Gasteiger charge is -2.28. The zero-order valence-corrected chi connectivity index (χ0v) is 14.0. The molecule has 2 rings (SSSR count). The number of nitrogens with zero attached hydrogens (tertiary/aromatic N) is 1. The van der Waals surface area contributed by atoms with E-state index in [1.54, 1.807) is 12.0 Å². The molecule has 1 saturated heterocycles. The summed E-state index contributed by atoms with van der Waals surface area (Å²) >= 11 is 1.42. The smallest absolute Gasteiger partial charge is 0.264 e. The first-order valence-corrected chi connectivity index (χ1v) is 9.75. The van der Waals surface area contributed by atoms with E-state index < -0.39 is 9.84 Å². The zero-order valence-electron chi connectivity index (χ0n) is 12.4. The molecule has 1 aliphatic rings. The van der Waals surface area contributed by atoms with Gasteiger partial charge in [0.25, 0.3) is 5.91 Å². The third-order valence-corrected chi connectivity index (χ3v) is 6.46. The molecule has 0 N–H and O–H groups in total. The minimum atomic E-state index is -3.01. The number of methoxy groups -OCH3 is 1. The van der Waals surface area contributed by atoms with Crippen molar-refractivity contribution in [2.24, 2.45) is 0 Å². The maximum absolute atomic E-state index is 12.8. The van der Waals surface area contributed by atoms with Crippen LogP contribution >= 0.6 is 11.3 Å². The topological polar surface area (TPSA) is 63.7 Å². The SMILES string of the molecule is CCc1ccsc1C(=O)N(CCOC)[C@@H]1CCS(=O)(=O)C1. The lowest BCUT2D eigenvalue weighted by molar-refractivity contribution is 0.0628. The van der Waals surface area contributed by atoms with Crippen molar-refractivity contribution >= 4 is 27.1 Å². The van der Waals surface area contributed by atoms with Gasteiger partial charge in [-0.15, -0.1) is 11.3 Å². The Morgan fingerprint density at radius 1 is 1.52 bits per heavy atom. The number of ether oxygens (including phenoxy) is 1. The third kappa shape index (κ3) is 3.84. The number of amides is 1. The van der Waals surface area contributed by atoms with E-state index in [1.807, 2.05) is 18.4 Å². The van der Waals surface area contributed by atoms with Crippen LogP contribution in [-0.4, -0.2) is 57.0 Å². The highest BCUT2D eigenvalue weighted by molar-refractivity contribution is 7.91. The van der Waals surface area contributed by atoms with E-state index >= 15 is 0 Å². The average Bonchev–Trinajstić information content (AvgIpc) is 3.05. The molecule has 1 aliphatic heterocycles. The van der Waals surface area contributed by atoms with E-state index in [9.17, 15) is 13.2 Å². The number of aryl methyl sites for hydroxylation is 1. The number of carbonyl (C=O) groups is 1. The van der Waals surface area contributed by atoms with E-state index in [4.69, 9.17) is 4.74 Å². The van der Waals surface area contributed by atoms with E-state index in [2.05, 4.69) is 0 Å². The van der Waals surface area contributed by atoms with Gasteiger partial charge in [0, 0.05) is 19.7 Å². The molecule has 0 spiro atoms. The fraction of sp³-hybridized carbons (Fsp3) is 0.643. The molecule has 0 aromatic carbocycles. The van der Waals surface area contributed by atoms with Crippen LogP contribution in [0.1, 0.15) is 28.6 Å². The van der Waals surface area contributed by atoms with Crippen molar-refractivity contribution < 1.29 is 17.9 Å². The second-order valence-corrected chi connectivity index (χ2v) is 8.32. The summed E-state index contributed by atoms with van der Waals surface area (Å²) in [7, 11) is -1.43. The van der Waals surface area contributed by atoms with Crippen LogP contribution in [0.2, 0.25) is 0 Å². The first kappa shape index (κ1) is 16.5. The van der Waals surface area contributed by atoms with Gasteiger partial charge < -0.3 is 9.64 Å². The number of thiophene rings is 1. The van der Waals surface area contributed by atoms with Crippen LogP contribution in [0.15, 0.2) is 11.4 Å². The van der Waals surface area contributed by atoms with Gasteiger partial charge in [-0.05, 0) is 29.9 Å². The van der Waals surface area contributed by atoms with Crippen LogP contribution in [0, 0.1) is 0 Å². The van der Waals surface area contributed by atoms with Crippen molar-refractivity contribution in [2.45, 2.75) is 25.8 Å². The lowest BCUT2D eigenvalue weighted by atomic mass is 10.1. The molecule has 0 bridgehead atoms. The zero-order chi connectivity index (χ0) is 15.5. The highest BCUT2D eigenvalue weighted by Crippen LogP contribution is 2.24. The summed E-state index contributed by atoms with van der Waals surface area (Å²) in [4.78, 5) is 15.2. The lowest BCUT2D eigenvalue weighted by Crippen LogP contribution is -2.43. The number of sulfone groups is 1. The summed E-state index contributed by atoms with van der Waals surface area (Å²) in [6, 6.07) is 1.72. The molecule has 2 heterocycles. The molecule has 7 heteroatoms. The Balaban J connectivity index is 2.21. The highest BCUT2D eigenvalue weighted by atomic mass is 32.2. The van der Waals surface area contributed by atoms with Gasteiger partial charge in [-0.2, -0.15) is 0 Å². The van der Waals surface area contributed by atoms with Crippen LogP contribution in [-0.2, 0) is 21.0 Å². The van der Waals surface area contributed by atoms with E-state index in [1.165, 1.54) is 11.3 Å². The fourth-order valence-corrected chi connectivity index (χ4v) is 5.27. The predicted molar refractivity (Wildman–Crippen MR) is 83.7 cm³/mol. The molecule has 1 aromatic heterocycles. The summed E-state index contributed by atoms with van der Waals surface area (Å²) in [5.74, 6) is 0.162. The predicted octanol–water partition coefficient (Wildman–Crippen LogP) is 1.59. The number of rotatable bonds is 6. The molecule has 1 atom stereocenters. The van der Waals surface area contributed by atoms with Crippen LogP contribution in [0.5, 0.6) is 0 Å². The van der Waals surface area contributed by atoms with Gasteiger partial charge in [0.1, 0.15) is 0 Å². The second-order valence-electron chi connectivity index (χ2n) is 5.18. The normalized spacial score (nSPS) is 20.6. The fourth-order valence-electron chi connectivity index (χ4n) is 2.59. The minimum absolute atomic E-state index is 0.0648. The molecule has 0 saturated carbocycles. The molecule has 1 fully saturated rings. The molecule has 0 aliphatic carbocycles. The first-order chi connectivity index (χ1) is 9.98. The Labute approximate surface area is 129 Å². The Morgan fingerprint density at radius 2 is 2.29 bits per heavy atom. The quantitative estimate of drug-likeness (QED) is 0.794. The summed E-state index contributed by atoms with van der Waals surface area (Å²) in [6.45, 7) is 2.85. The van der Waals surface area contributed by atoms with Gasteiger partial charge in [-0.3, -0.25) is 4.79 Å². The van der Waals surface area contributed by atoms with Gasteiger partial charge in [-0.1, -0.05) is 6.92 Å². The van der Waals surface area contributed by atoms with E-state index in [-0.39, 0.29) is 23.5 Å². The molecule has 1 aromatic rings. The number of hydrogen-bond acceptors (Lipinski definition) is 5. The summed E-state index contributed by atoms with van der Waals surface area (Å²) in [6.07, 6.45) is 1.32. The molecular weight excluding hydrogens is 310 g/mol. The molecular formula is C14H21NO4S2. The Kier molecular flexibility index (Phi) is 5.40. The van der Waals surface area contributed by atoms with Crippen molar-refractivity contribution in [3.8, 4) is 0 Å². The monoisotopic (exact) mass is 331 g/mol. The van der Waals surface area contributed by atoms with Crippen molar-refractivity contribution in [1.29, 1.82) is 0 Å². The third-order valence-electron chi connectivity index (χ3n) is 3.77. The number of carbonyl (C=O) groups excluding carboxylic acids is 1. The average molecular weight is 331 g/mol. The number of hydrogen-bond donors (Lipinski definition) is 0. The molecule has 5 nitrogen and oxygen atoms in total. The largest absolute Gasteiger partial charge is 0.383 e. The van der Waals surface area contributed by atoms with Gasteiger partial charge in [-0.25, -0.2) is 8.42 Å². The van der Waals surface area contributed by atoms with Crippen molar-refractivity contribution in [1.82, 2.24) is 4.90 Å². The Morgan fingerprint density at radius 3 is 2.86 bits per heavy atom. The van der Waals surface area contributed by atoms with Gasteiger partial charge in [0.15, 0.2) is 9.84 Å². The maximum atomic E-state index is 12.8. The van der Waals surface area contributed by atoms with Crippen LogP contribution in [0.3, 0.4) is 0 Å². The van der Waals surface area contributed by atoms with Crippen molar-refractivity contribution in [3.05, 3.63) is 21.9 Å². The summed E-state index contributed by atoms with van der Waals surface area (Å²) < 4.78 is 28.4. The van der Waals surface area contributed by atoms with Crippen molar-refractivity contribution in [2.75, 3.05) is 31.8 Å². The highest BCUT2D eigenvalue weighted by Gasteiger charge is 2.35. The molecule has 21 heavy (non-hydrogen) atoms. The minimum Gasteiger partial charge on any atom is -0.383 e. The second kappa shape index (κ2) is 6.89. The molecule has 118 valence electrons. The maximum Gasteiger partial charge on any atom is 0.264 e. The van der Waals surface area contributed by atoms with Gasteiger partial charge in [0.05, 0.1) is 23.0 Å².